The van der Waals surface area contributed by atoms with Crippen molar-refractivity contribution in [1.82, 2.24) is 0 Å². The van der Waals surface area contributed by atoms with Crippen LogP contribution in [0.4, 0.5) is 4.39 Å². The normalized spacial score (nSPS) is 37.1. The van der Waals surface area contributed by atoms with Gasteiger partial charge in [-0.2, -0.15) is 8.42 Å². The largest absolute Gasteiger partial charge is 0.317 e. The van der Waals surface area contributed by atoms with E-state index in [4.69, 9.17) is 0 Å². The van der Waals surface area contributed by atoms with E-state index in [0.717, 1.165) is 6.26 Å². The minimum Gasteiger partial charge on any atom is -0.317 e. The second kappa shape index (κ2) is 3.27. The van der Waals surface area contributed by atoms with Crippen LogP contribution >= 0.6 is 0 Å². The molecule has 0 saturated carbocycles. The van der Waals surface area contributed by atoms with Crippen LogP contribution in [0.25, 0.3) is 0 Å². The number of hydrogen-bond acceptors (Lipinski definition) is 4. The summed E-state index contributed by atoms with van der Waals surface area (Å²) in [5.74, 6) is -0.227. The molecule has 0 aromatic heterocycles. The van der Waals surface area contributed by atoms with E-state index in [1.165, 1.54) is 0 Å². The zero-order valence-electron chi connectivity index (χ0n) is 6.86. The molecule has 1 saturated heterocycles. The molecular weight excluding hydrogens is 187 g/mol. The average Bonchev–Trinajstić information content (AvgIpc) is 2.06. The molecule has 0 amide bonds. The summed E-state index contributed by atoms with van der Waals surface area (Å²) in [6.07, 6.45) is -1.28. The van der Waals surface area contributed by atoms with Gasteiger partial charge >= 0.3 is 0 Å². The Morgan fingerprint density at radius 3 is 2.50 bits per heavy atom. The third-order valence-corrected chi connectivity index (χ3v) is 2.11. The number of hydrogen-bond donors (Lipinski definition) is 0. The molecule has 1 aliphatic rings. The number of rotatable bonds is 2. The van der Waals surface area contributed by atoms with Crippen molar-refractivity contribution >= 4 is 10.1 Å². The second-order valence-electron chi connectivity index (χ2n) is 2.93. The first-order valence-corrected chi connectivity index (χ1v) is 5.38. The van der Waals surface area contributed by atoms with Gasteiger partial charge in [-0.3, -0.25) is 0 Å². The second-order valence-corrected chi connectivity index (χ2v) is 4.53. The molecule has 3 atom stereocenters. The van der Waals surface area contributed by atoms with Crippen LogP contribution in [0.3, 0.4) is 0 Å². The van der Waals surface area contributed by atoms with Gasteiger partial charge in [0.15, 0.2) is 6.29 Å². The van der Waals surface area contributed by atoms with Gasteiger partial charge in [0.25, 0.3) is 10.1 Å². The Bertz CT molecular complexity index is 250. The summed E-state index contributed by atoms with van der Waals surface area (Å²) < 4.78 is 42.8. The zero-order chi connectivity index (χ0) is 9.35. The van der Waals surface area contributed by atoms with E-state index in [0.29, 0.717) is 0 Å². The summed E-state index contributed by atoms with van der Waals surface area (Å²) in [5, 5.41) is 0. The molecule has 0 spiro atoms. The predicted octanol–water partition coefficient (Wildman–Crippen LogP) is 0.641. The van der Waals surface area contributed by atoms with Crippen molar-refractivity contribution in [3.05, 3.63) is 0 Å². The van der Waals surface area contributed by atoms with Crippen LogP contribution in [0.15, 0.2) is 0 Å². The summed E-state index contributed by atoms with van der Waals surface area (Å²) in [5.41, 5.74) is 0. The van der Waals surface area contributed by atoms with E-state index in [1.54, 1.807) is 6.92 Å². The van der Waals surface area contributed by atoms with Crippen LogP contribution in [0, 0.1) is 5.92 Å². The molecule has 1 aliphatic heterocycles. The molecule has 12 heavy (non-hydrogen) atoms. The molecule has 3 unspecified atom stereocenters. The first-order valence-electron chi connectivity index (χ1n) is 3.56. The Balaban J connectivity index is 2.55. The SMILES string of the molecule is CC1CC(F)OC1OS(C)(=O)=O. The molecule has 72 valence electrons. The Morgan fingerprint density at radius 2 is 2.17 bits per heavy atom. The standard InChI is InChI=1S/C6H11FO4S/c1-4-3-5(7)10-6(4)11-12(2,8)9/h4-6H,3H2,1-2H3. The molecular formula is C6H11FO4S. The van der Waals surface area contributed by atoms with Crippen molar-refractivity contribution < 1.29 is 21.7 Å². The van der Waals surface area contributed by atoms with Gasteiger partial charge in [0.1, 0.15) is 0 Å². The molecule has 0 aromatic carbocycles. The number of ether oxygens (including phenoxy) is 1. The molecule has 0 N–H and O–H groups in total. The predicted molar refractivity (Wildman–Crippen MR) is 39.5 cm³/mol. The molecule has 6 heteroatoms. The molecule has 0 radical (unpaired) electrons. The van der Waals surface area contributed by atoms with Crippen LogP contribution < -0.4 is 0 Å². The van der Waals surface area contributed by atoms with Crippen LogP contribution in [-0.4, -0.2) is 27.3 Å². The van der Waals surface area contributed by atoms with Crippen molar-refractivity contribution in [2.75, 3.05) is 6.26 Å². The van der Waals surface area contributed by atoms with Gasteiger partial charge in [0.05, 0.1) is 6.26 Å². The zero-order valence-corrected chi connectivity index (χ0v) is 7.67. The maximum Gasteiger partial charge on any atom is 0.266 e. The fourth-order valence-electron chi connectivity index (χ4n) is 1.03. The van der Waals surface area contributed by atoms with Crippen LogP contribution in [0.5, 0.6) is 0 Å². The summed E-state index contributed by atoms with van der Waals surface area (Å²) in [6.45, 7) is 1.68. The molecule has 0 aromatic rings. The Hall–Kier alpha value is -0.200. The third-order valence-electron chi connectivity index (χ3n) is 1.57. The van der Waals surface area contributed by atoms with Crippen molar-refractivity contribution in [2.45, 2.75) is 26.0 Å². The van der Waals surface area contributed by atoms with Gasteiger partial charge < -0.3 is 4.74 Å². The smallest absolute Gasteiger partial charge is 0.266 e. The van der Waals surface area contributed by atoms with Gasteiger partial charge in [-0.05, 0) is 0 Å². The summed E-state index contributed by atoms with van der Waals surface area (Å²) in [4.78, 5) is 0. The molecule has 0 aliphatic carbocycles. The topological polar surface area (TPSA) is 52.6 Å². The van der Waals surface area contributed by atoms with Crippen LogP contribution in [0.1, 0.15) is 13.3 Å². The molecule has 1 heterocycles. The van der Waals surface area contributed by atoms with E-state index in [2.05, 4.69) is 8.92 Å². The first-order chi connectivity index (χ1) is 5.38. The number of alkyl halides is 1. The summed E-state index contributed by atoms with van der Waals surface area (Å²) in [7, 11) is -3.56. The van der Waals surface area contributed by atoms with E-state index in [1.807, 2.05) is 0 Å². The highest BCUT2D eigenvalue weighted by molar-refractivity contribution is 7.86. The highest BCUT2D eigenvalue weighted by atomic mass is 32.2. The highest BCUT2D eigenvalue weighted by Gasteiger charge is 2.35. The lowest BCUT2D eigenvalue weighted by Crippen LogP contribution is -2.21. The maximum absolute atomic E-state index is 12.5. The van der Waals surface area contributed by atoms with Gasteiger partial charge in [-0.1, -0.05) is 6.92 Å². The number of halogens is 1. The molecule has 0 bridgehead atoms. The van der Waals surface area contributed by atoms with E-state index < -0.39 is 22.8 Å². The molecule has 1 fully saturated rings. The maximum atomic E-state index is 12.5. The lowest BCUT2D eigenvalue weighted by Gasteiger charge is -2.12. The van der Waals surface area contributed by atoms with Gasteiger partial charge in [-0.25, -0.2) is 8.57 Å². The summed E-state index contributed by atoms with van der Waals surface area (Å²) in [6, 6.07) is 0. The fraction of sp³-hybridized carbons (Fsp3) is 1.00. The Labute approximate surface area is 70.8 Å². The Kier molecular flexibility index (Phi) is 2.70. The van der Waals surface area contributed by atoms with E-state index in [9.17, 15) is 12.8 Å². The summed E-state index contributed by atoms with van der Waals surface area (Å²) >= 11 is 0. The van der Waals surface area contributed by atoms with Gasteiger partial charge in [0, 0.05) is 12.3 Å². The van der Waals surface area contributed by atoms with Gasteiger partial charge in [0.2, 0.25) is 6.36 Å². The minimum absolute atomic E-state index is 0.181. The van der Waals surface area contributed by atoms with Crippen LogP contribution in [-0.2, 0) is 19.0 Å². The lowest BCUT2D eigenvalue weighted by atomic mass is 10.1. The monoisotopic (exact) mass is 198 g/mol. The first kappa shape index (κ1) is 9.88. The molecule has 4 nitrogen and oxygen atoms in total. The lowest BCUT2D eigenvalue weighted by molar-refractivity contribution is -0.121. The van der Waals surface area contributed by atoms with E-state index in [-0.39, 0.29) is 12.3 Å². The van der Waals surface area contributed by atoms with Gasteiger partial charge in [-0.15, -0.1) is 0 Å². The van der Waals surface area contributed by atoms with Crippen molar-refractivity contribution in [2.24, 2.45) is 5.92 Å². The Morgan fingerprint density at radius 1 is 1.58 bits per heavy atom. The fourth-order valence-corrected chi connectivity index (χ4v) is 1.61. The molecule has 1 rings (SSSR count). The van der Waals surface area contributed by atoms with Crippen molar-refractivity contribution in [1.29, 1.82) is 0 Å². The van der Waals surface area contributed by atoms with Crippen molar-refractivity contribution in [3.8, 4) is 0 Å². The quantitative estimate of drug-likeness (QED) is 0.611. The average molecular weight is 198 g/mol. The van der Waals surface area contributed by atoms with Crippen LogP contribution in [0.2, 0.25) is 0 Å². The third kappa shape index (κ3) is 2.69. The minimum atomic E-state index is -3.56. The highest BCUT2D eigenvalue weighted by Crippen LogP contribution is 2.28. The van der Waals surface area contributed by atoms with Crippen molar-refractivity contribution in [3.63, 3.8) is 0 Å². The van der Waals surface area contributed by atoms with E-state index >= 15 is 0 Å².